The molecule has 0 fully saturated rings. The molecule has 0 aliphatic carbocycles. The Morgan fingerprint density at radius 2 is 1.61 bits per heavy atom. The molecule has 0 aromatic heterocycles. The number of benzene rings is 3. The fourth-order valence-electron chi connectivity index (χ4n) is 3.98. The summed E-state index contributed by atoms with van der Waals surface area (Å²) in [4.78, 5) is 28.2. The van der Waals surface area contributed by atoms with E-state index in [1.807, 2.05) is 48.5 Å². The van der Waals surface area contributed by atoms with Gasteiger partial charge in [-0.1, -0.05) is 48.5 Å². The van der Waals surface area contributed by atoms with Gasteiger partial charge in [0.1, 0.15) is 24.7 Å². The van der Waals surface area contributed by atoms with Crippen molar-refractivity contribution in [2.24, 2.45) is 0 Å². The van der Waals surface area contributed by atoms with Crippen LogP contribution < -0.4 is 19.5 Å². The maximum absolute atomic E-state index is 13.5. The molecular weight excluding hydrogens is 420 g/mol. The first kappa shape index (κ1) is 20.6. The van der Waals surface area contributed by atoms with E-state index in [9.17, 15) is 9.59 Å². The highest BCUT2D eigenvalue weighted by molar-refractivity contribution is 6.36. The Morgan fingerprint density at radius 3 is 2.39 bits per heavy atom. The van der Waals surface area contributed by atoms with E-state index >= 15 is 0 Å². The first-order valence-corrected chi connectivity index (χ1v) is 10.6. The molecule has 7 heteroatoms. The average Bonchev–Trinajstić information content (AvgIpc) is 3.09. The zero-order valence-corrected chi connectivity index (χ0v) is 18.0. The molecule has 33 heavy (non-hydrogen) atoms. The van der Waals surface area contributed by atoms with E-state index < -0.39 is 5.91 Å². The van der Waals surface area contributed by atoms with Crippen LogP contribution in [0.4, 0.5) is 5.69 Å². The Balaban J connectivity index is 1.52. The van der Waals surface area contributed by atoms with Crippen molar-refractivity contribution in [2.45, 2.75) is 6.54 Å². The lowest BCUT2D eigenvalue weighted by Crippen LogP contribution is -2.32. The maximum atomic E-state index is 13.5. The van der Waals surface area contributed by atoms with Gasteiger partial charge < -0.3 is 19.5 Å². The van der Waals surface area contributed by atoms with Gasteiger partial charge in [0.05, 0.1) is 19.2 Å². The minimum absolute atomic E-state index is 0.102. The lowest BCUT2D eigenvalue weighted by molar-refractivity contribution is -0.137. The number of hydrogen-bond donors (Lipinski definition) is 1. The summed E-state index contributed by atoms with van der Waals surface area (Å²) in [6.45, 7) is 1.05. The third-order valence-electron chi connectivity index (χ3n) is 5.56. The zero-order valence-electron chi connectivity index (χ0n) is 18.0. The van der Waals surface area contributed by atoms with Crippen LogP contribution in [0.2, 0.25) is 0 Å². The van der Waals surface area contributed by atoms with Crippen LogP contribution in [-0.4, -0.2) is 37.0 Å². The van der Waals surface area contributed by atoms with Gasteiger partial charge >= 0.3 is 0 Å². The van der Waals surface area contributed by atoms with E-state index in [0.717, 1.165) is 5.56 Å². The second-order valence-corrected chi connectivity index (χ2v) is 7.61. The lowest BCUT2D eigenvalue weighted by Gasteiger charge is -2.19. The SMILES string of the molecule is COc1ccccc1CN1C(=O)C(Nc2ccc3c(c2)OCCO3)=C(c2ccccc2)C1=O. The largest absolute Gasteiger partial charge is 0.496 e. The van der Waals surface area contributed by atoms with E-state index in [4.69, 9.17) is 14.2 Å². The summed E-state index contributed by atoms with van der Waals surface area (Å²) in [5.74, 6) is 1.09. The molecule has 2 aliphatic heterocycles. The van der Waals surface area contributed by atoms with E-state index in [0.29, 0.717) is 47.3 Å². The summed E-state index contributed by atoms with van der Waals surface area (Å²) in [6.07, 6.45) is 0. The molecule has 166 valence electrons. The first-order chi connectivity index (χ1) is 16.2. The quantitative estimate of drug-likeness (QED) is 0.585. The number of carbonyl (C=O) groups excluding carboxylic acids is 2. The highest BCUT2D eigenvalue weighted by Gasteiger charge is 2.39. The van der Waals surface area contributed by atoms with Gasteiger partial charge in [-0.2, -0.15) is 0 Å². The summed E-state index contributed by atoms with van der Waals surface area (Å²) < 4.78 is 16.6. The van der Waals surface area contributed by atoms with Crippen LogP contribution in [0.3, 0.4) is 0 Å². The smallest absolute Gasteiger partial charge is 0.278 e. The summed E-state index contributed by atoms with van der Waals surface area (Å²) in [6, 6.07) is 21.9. The van der Waals surface area contributed by atoms with E-state index in [1.54, 1.807) is 31.4 Å². The maximum Gasteiger partial charge on any atom is 0.278 e. The topological polar surface area (TPSA) is 77.1 Å². The number of carbonyl (C=O) groups is 2. The van der Waals surface area contributed by atoms with Crippen LogP contribution in [0.5, 0.6) is 17.2 Å². The predicted molar refractivity (Wildman–Crippen MR) is 123 cm³/mol. The highest BCUT2D eigenvalue weighted by atomic mass is 16.6. The standard InChI is InChI=1S/C26H22N2O5/c1-31-20-10-6-5-9-18(20)16-28-25(29)23(17-7-3-2-4-8-17)24(26(28)30)27-19-11-12-21-22(15-19)33-14-13-32-21/h2-12,15,27H,13-14,16H2,1H3. The number of amides is 2. The van der Waals surface area contributed by atoms with Crippen LogP contribution in [0.15, 0.2) is 78.5 Å². The Hall–Kier alpha value is -4.26. The first-order valence-electron chi connectivity index (χ1n) is 10.6. The summed E-state index contributed by atoms with van der Waals surface area (Å²) in [5.41, 5.74) is 2.58. The molecule has 2 amide bonds. The molecule has 0 saturated carbocycles. The highest BCUT2D eigenvalue weighted by Crippen LogP contribution is 2.36. The molecule has 1 N–H and O–H groups in total. The van der Waals surface area contributed by atoms with Crippen molar-refractivity contribution in [1.82, 2.24) is 4.90 Å². The van der Waals surface area contributed by atoms with Gasteiger partial charge in [0.25, 0.3) is 11.8 Å². The molecular formula is C26H22N2O5. The van der Waals surface area contributed by atoms with Gasteiger partial charge in [-0.25, -0.2) is 0 Å². The van der Waals surface area contributed by atoms with Gasteiger partial charge in [-0.05, 0) is 23.8 Å². The van der Waals surface area contributed by atoms with Crippen molar-refractivity contribution < 1.29 is 23.8 Å². The number of nitrogens with zero attached hydrogens (tertiary/aromatic N) is 1. The molecule has 5 rings (SSSR count). The number of para-hydroxylation sites is 1. The molecule has 0 bridgehead atoms. The number of hydrogen-bond acceptors (Lipinski definition) is 6. The van der Waals surface area contributed by atoms with Crippen molar-refractivity contribution in [1.29, 1.82) is 0 Å². The third-order valence-corrected chi connectivity index (χ3v) is 5.56. The molecule has 3 aromatic rings. The molecule has 2 aliphatic rings. The fraction of sp³-hybridized carbons (Fsp3) is 0.154. The molecule has 0 spiro atoms. The molecule has 0 radical (unpaired) electrons. The number of ether oxygens (including phenoxy) is 3. The Kier molecular flexibility index (Phi) is 5.44. The van der Waals surface area contributed by atoms with Gasteiger partial charge in [0.15, 0.2) is 11.5 Å². The molecule has 2 heterocycles. The second kappa shape index (κ2) is 8.70. The van der Waals surface area contributed by atoms with Gasteiger partial charge in [-0.3, -0.25) is 14.5 Å². The van der Waals surface area contributed by atoms with Crippen molar-refractivity contribution in [3.8, 4) is 17.2 Å². The number of imide groups is 1. The van der Waals surface area contributed by atoms with Crippen LogP contribution in [0.1, 0.15) is 11.1 Å². The summed E-state index contributed by atoms with van der Waals surface area (Å²) in [5, 5.41) is 3.16. The monoisotopic (exact) mass is 442 g/mol. The number of methoxy groups -OCH3 is 1. The van der Waals surface area contributed by atoms with Crippen LogP contribution in [0.25, 0.3) is 5.57 Å². The van der Waals surface area contributed by atoms with Crippen LogP contribution >= 0.6 is 0 Å². The van der Waals surface area contributed by atoms with Crippen LogP contribution in [0, 0.1) is 0 Å². The van der Waals surface area contributed by atoms with Gasteiger partial charge in [-0.15, -0.1) is 0 Å². The van der Waals surface area contributed by atoms with E-state index in [-0.39, 0.29) is 18.1 Å². The van der Waals surface area contributed by atoms with Gasteiger partial charge in [0.2, 0.25) is 0 Å². The van der Waals surface area contributed by atoms with Crippen molar-refractivity contribution in [2.75, 3.05) is 25.6 Å². The van der Waals surface area contributed by atoms with Crippen LogP contribution in [-0.2, 0) is 16.1 Å². The predicted octanol–water partition coefficient (Wildman–Crippen LogP) is 3.86. The molecule has 0 atom stereocenters. The minimum Gasteiger partial charge on any atom is -0.496 e. The number of fused-ring (bicyclic) bond motifs is 1. The lowest BCUT2D eigenvalue weighted by atomic mass is 10.0. The molecule has 0 saturated heterocycles. The molecule has 7 nitrogen and oxygen atoms in total. The summed E-state index contributed by atoms with van der Waals surface area (Å²) in [7, 11) is 1.56. The van der Waals surface area contributed by atoms with E-state index in [2.05, 4.69) is 5.32 Å². The average molecular weight is 442 g/mol. The normalized spacial score (nSPS) is 15.1. The van der Waals surface area contributed by atoms with Crippen molar-refractivity contribution >= 4 is 23.1 Å². The zero-order chi connectivity index (χ0) is 22.8. The number of rotatable bonds is 6. The molecule has 3 aromatic carbocycles. The number of nitrogens with one attached hydrogen (secondary N) is 1. The Labute approximate surface area is 191 Å². The van der Waals surface area contributed by atoms with E-state index in [1.165, 1.54) is 4.90 Å². The fourth-order valence-corrected chi connectivity index (χ4v) is 3.98. The third kappa shape index (κ3) is 3.89. The minimum atomic E-state index is -0.403. The second-order valence-electron chi connectivity index (χ2n) is 7.61. The summed E-state index contributed by atoms with van der Waals surface area (Å²) >= 11 is 0. The Morgan fingerprint density at radius 1 is 0.879 bits per heavy atom. The van der Waals surface area contributed by atoms with Gasteiger partial charge in [0, 0.05) is 17.3 Å². The van der Waals surface area contributed by atoms with Crippen molar-refractivity contribution in [3.05, 3.63) is 89.6 Å². The molecule has 0 unspecified atom stereocenters. The van der Waals surface area contributed by atoms with Crippen molar-refractivity contribution in [3.63, 3.8) is 0 Å². The number of anilines is 1. The Bertz CT molecular complexity index is 1250.